The van der Waals surface area contributed by atoms with E-state index in [1.807, 2.05) is 17.0 Å². The van der Waals surface area contributed by atoms with E-state index in [2.05, 4.69) is 27.8 Å². The van der Waals surface area contributed by atoms with E-state index >= 15 is 0 Å². The number of guanidine groups is 1. The number of ether oxygens (including phenoxy) is 2. The summed E-state index contributed by atoms with van der Waals surface area (Å²) in [6.07, 6.45) is 3.63. The summed E-state index contributed by atoms with van der Waals surface area (Å²) in [5, 5.41) is 6.62. The quantitative estimate of drug-likeness (QED) is 0.210. The Morgan fingerprint density at radius 3 is 2.57 bits per heavy atom. The zero-order chi connectivity index (χ0) is 19.3. The molecule has 2 N–H and O–H groups in total. The highest BCUT2D eigenvalue weighted by molar-refractivity contribution is 14.0. The Hall–Kier alpha value is -1.39. The van der Waals surface area contributed by atoms with Crippen molar-refractivity contribution in [2.75, 3.05) is 52.0 Å². The van der Waals surface area contributed by atoms with Crippen molar-refractivity contribution in [1.29, 1.82) is 0 Å². The SMILES string of the molecule is CN=C(NCCCCOCCOC)NCc1ccc(N2CCCC2=O)cc1.I. The lowest BCUT2D eigenvalue weighted by molar-refractivity contribution is -0.117. The van der Waals surface area contributed by atoms with E-state index in [-0.39, 0.29) is 29.9 Å². The molecule has 158 valence electrons. The van der Waals surface area contributed by atoms with Crippen LogP contribution in [0, 0.1) is 0 Å². The number of carbonyl (C=O) groups is 1. The minimum atomic E-state index is 0. The summed E-state index contributed by atoms with van der Waals surface area (Å²) >= 11 is 0. The summed E-state index contributed by atoms with van der Waals surface area (Å²) in [5.74, 6) is 1.00. The van der Waals surface area contributed by atoms with Crippen LogP contribution in [-0.2, 0) is 20.8 Å². The Balaban J connectivity index is 0.00000392. The van der Waals surface area contributed by atoms with Gasteiger partial charge in [-0.05, 0) is 37.0 Å². The van der Waals surface area contributed by atoms with E-state index in [9.17, 15) is 4.79 Å². The lowest BCUT2D eigenvalue weighted by Crippen LogP contribution is -2.37. The van der Waals surface area contributed by atoms with Crippen LogP contribution in [0.25, 0.3) is 0 Å². The van der Waals surface area contributed by atoms with Gasteiger partial charge < -0.3 is 25.0 Å². The second kappa shape index (κ2) is 14.6. The fourth-order valence-electron chi connectivity index (χ4n) is 2.90. The van der Waals surface area contributed by atoms with Gasteiger partial charge in [0.25, 0.3) is 0 Å². The molecule has 0 unspecified atom stereocenters. The van der Waals surface area contributed by atoms with Gasteiger partial charge in [0.1, 0.15) is 0 Å². The number of aliphatic imine (C=N–C) groups is 1. The molecule has 0 saturated carbocycles. The van der Waals surface area contributed by atoms with Crippen LogP contribution in [0.3, 0.4) is 0 Å². The zero-order valence-electron chi connectivity index (χ0n) is 16.9. The van der Waals surface area contributed by atoms with E-state index in [0.29, 0.717) is 26.2 Å². The molecule has 1 aromatic rings. The van der Waals surface area contributed by atoms with Crippen molar-refractivity contribution in [2.24, 2.45) is 4.99 Å². The highest BCUT2D eigenvalue weighted by atomic mass is 127. The molecule has 7 nitrogen and oxygen atoms in total. The Kier molecular flexibility index (Phi) is 12.8. The van der Waals surface area contributed by atoms with Gasteiger partial charge in [-0.2, -0.15) is 0 Å². The van der Waals surface area contributed by atoms with Crippen molar-refractivity contribution in [2.45, 2.75) is 32.2 Å². The Bertz CT molecular complexity index is 596. The number of methoxy groups -OCH3 is 1. The van der Waals surface area contributed by atoms with Gasteiger partial charge in [-0.25, -0.2) is 0 Å². The molecule has 0 radical (unpaired) electrons. The maximum Gasteiger partial charge on any atom is 0.227 e. The zero-order valence-corrected chi connectivity index (χ0v) is 19.2. The van der Waals surface area contributed by atoms with Crippen LogP contribution in [0.1, 0.15) is 31.2 Å². The van der Waals surface area contributed by atoms with Crippen molar-refractivity contribution in [1.82, 2.24) is 10.6 Å². The molecule has 0 aliphatic carbocycles. The molecule has 8 heteroatoms. The van der Waals surface area contributed by atoms with Gasteiger partial charge in [0.15, 0.2) is 5.96 Å². The molecule has 1 heterocycles. The van der Waals surface area contributed by atoms with Crippen LogP contribution >= 0.6 is 24.0 Å². The summed E-state index contributed by atoms with van der Waals surface area (Å²) in [4.78, 5) is 17.9. The second-order valence-corrected chi connectivity index (χ2v) is 6.48. The molecule has 1 aromatic carbocycles. The largest absolute Gasteiger partial charge is 0.382 e. The first-order valence-electron chi connectivity index (χ1n) is 9.65. The summed E-state index contributed by atoms with van der Waals surface area (Å²) in [5.41, 5.74) is 2.14. The van der Waals surface area contributed by atoms with Crippen molar-refractivity contribution < 1.29 is 14.3 Å². The number of unbranched alkanes of at least 4 members (excludes halogenated alkanes) is 1. The number of rotatable bonds is 11. The smallest absolute Gasteiger partial charge is 0.227 e. The van der Waals surface area contributed by atoms with E-state index in [4.69, 9.17) is 9.47 Å². The normalized spacial score (nSPS) is 14.1. The molecule has 28 heavy (non-hydrogen) atoms. The predicted octanol–water partition coefficient (Wildman–Crippen LogP) is 2.54. The molecule has 0 atom stereocenters. The molecule has 0 bridgehead atoms. The van der Waals surface area contributed by atoms with E-state index < -0.39 is 0 Å². The number of carbonyl (C=O) groups excluding carboxylic acids is 1. The number of anilines is 1. The minimum Gasteiger partial charge on any atom is -0.382 e. The molecule has 0 aromatic heterocycles. The van der Waals surface area contributed by atoms with Gasteiger partial charge in [0.05, 0.1) is 13.2 Å². The topological polar surface area (TPSA) is 75.2 Å². The van der Waals surface area contributed by atoms with Gasteiger partial charge in [-0.3, -0.25) is 9.79 Å². The van der Waals surface area contributed by atoms with Crippen LogP contribution in [0.15, 0.2) is 29.3 Å². The highest BCUT2D eigenvalue weighted by Crippen LogP contribution is 2.21. The average Bonchev–Trinajstić information content (AvgIpc) is 3.12. The van der Waals surface area contributed by atoms with E-state index in [1.54, 1.807) is 14.2 Å². The standard InChI is InChI=1S/C20H32N4O3.HI/c1-21-20(22-11-3-4-13-27-15-14-26-2)23-16-17-7-9-18(10-8-17)24-12-5-6-19(24)25;/h7-10H,3-6,11-16H2,1-2H3,(H2,21,22,23);1H. The maximum absolute atomic E-state index is 11.8. The fourth-order valence-corrected chi connectivity index (χ4v) is 2.90. The number of hydrogen-bond acceptors (Lipinski definition) is 4. The Morgan fingerprint density at radius 2 is 1.93 bits per heavy atom. The van der Waals surface area contributed by atoms with Crippen LogP contribution in [-0.4, -0.2) is 58.9 Å². The van der Waals surface area contributed by atoms with Crippen LogP contribution in [0.4, 0.5) is 5.69 Å². The monoisotopic (exact) mass is 504 g/mol. The van der Waals surface area contributed by atoms with Gasteiger partial charge in [-0.15, -0.1) is 24.0 Å². The lowest BCUT2D eigenvalue weighted by Gasteiger charge is -2.16. The number of hydrogen-bond donors (Lipinski definition) is 2. The molecule has 1 amide bonds. The molecule has 1 aliphatic rings. The third-order valence-electron chi connectivity index (χ3n) is 4.44. The number of halogens is 1. The average molecular weight is 504 g/mol. The van der Waals surface area contributed by atoms with Crippen LogP contribution in [0.5, 0.6) is 0 Å². The second-order valence-electron chi connectivity index (χ2n) is 6.48. The molecule has 1 aliphatic heterocycles. The fraction of sp³-hybridized carbons (Fsp3) is 0.600. The van der Waals surface area contributed by atoms with Gasteiger partial charge >= 0.3 is 0 Å². The van der Waals surface area contributed by atoms with Gasteiger partial charge in [0, 0.05) is 52.5 Å². The first-order valence-corrected chi connectivity index (χ1v) is 9.65. The predicted molar refractivity (Wildman–Crippen MR) is 124 cm³/mol. The summed E-state index contributed by atoms with van der Waals surface area (Å²) in [6.45, 7) is 4.41. The first-order chi connectivity index (χ1) is 13.2. The van der Waals surface area contributed by atoms with Crippen LogP contribution < -0.4 is 15.5 Å². The number of nitrogens with one attached hydrogen (secondary N) is 2. The third-order valence-corrected chi connectivity index (χ3v) is 4.44. The third kappa shape index (κ3) is 8.74. The van der Waals surface area contributed by atoms with Crippen molar-refractivity contribution in [3.05, 3.63) is 29.8 Å². The molecule has 2 rings (SSSR count). The summed E-state index contributed by atoms with van der Waals surface area (Å²) in [6, 6.07) is 8.14. The summed E-state index contributed by atoms with van der Waals surface area (Å²) in [7, 11) is 3.44. The first kappa shape index (κ1) is 24.6. The summed E-state index contributed by atoms with van der Waals surface area (Å²) < 4.78 is 10.4. The van der Waals surface area contributed by atoms with Crippen molar-refractivity contribution >= 4 is 41.5 Å². The lowest BCUT2D eigenvalue weighted by atomic mass is 10.2. The van der Waals surface area contributed by atoms with Gasteiger partial charge in [-0.1, -0.05) is 12.1 Å². The van der Waals surface area contributed by atoms with E-state index in [0.717, 1.165) is 56.2 Å². The molecule has 1 fully saturated rings. The molecule has 1 saturated heterocycles. The number of amides is 1. The minimum absolute atomic E-state index is 0. The number of benzene rings is 1. The van der Waals surface area contributed by atoms with Crippen LogP contribution in [0.2, 0.25) is 0 Å². The molecular weight excluding hydrogens is 471 g/mol. The van der Waals surface area contributed by atoms with Crippen molar-refractivity contribution in [3.8, 4) is 0 Å². The Labute approximate surface area is 185 Å². The Morgan fingerprint density at radius 1 is 1.14 bits per heavy atom. The maximum atomic E-state index is 11.8. The molecule has 0 spiro atoms. The van der Waals surface area contributed by atoms with E-state index in [1.165, 1.54) is 0 Å². The molecular formula is C20H33IN4O3. The number of nitrogens with zero attached hydrogens (tertiary/aromatic N) is 2. The van der Waals surface area contributed by atoms with Crippen molar-refractivity contribution in [3.63, 3.8) is 0 Å². The van der Waals surface area contributed by atoms with Gasteiger partial charge in [0.2, 0.25) is 5.91 Å². The highest BCUT2D eigenvalue weighted by Gasteiger charge is 2.21.